The molecule has 1 unspecified atom stereocenters. The summed E-state index contributed by atoms with van der Waals surface area (Å²) >= 11 is 0. The molecular formula is C19H31N3O2S. The molecule has 0 spiro atoms. The molecule has 2 aliphatic heterocycles. The monoisotopic (exact) mass is 365 g/mol. The van der Waals surface area contributed by atoms with Crippen molar-refractivity contribution in [3.8, 4) is 0 Å². The van der Waals surface area contributed by atoms with Gasteiger partial charge in [-0.3, -0.25) is 4.90 Å². The molecule has 1 aromatic rings. The molecule has 0 aromatic heterocycles. The lowest BCUT2D eigenvalue weighted by atomic mass is 9.82. The van der Waals surface area contributed by atoms with E-state index in [-0.39, 0.29) is 5.41 Å². The van der Waals surface area contributed by atoms with E-state index >= 15 is 0 Å². The van der Waals surface area contributed by atoms with Crippen molar-refractivity contribution in [2.24, 2.45) is 0 Å². The van der Waals surface area contributed by atoms with Crippen LogP contribution in [0.1, 0.15) is 39.2 Å². The SMILES string of the molecule is CCC(C)(C)c1ccc(S(=O)(=O)N2CCC(N3CCNCC3)C2)cc1. The van der Waals surface area contributed by atoms with Crippen LogP contribution in [-0.2, 0) is 15.4 Å². The Bertz CT molecular complexity index is 679. The van der Waals surface area contributed by atoms with Crippen molar-refractivity contribution >= 4 is 10.0 Å². The van der Waals surface area contributed by atoms with Gasteiger partial charge in [-0.1, -0.05) is 32.9 Å². The molecule has 2 aliphatic rings. The Kier molecular flexibility index (Phi) is 5.54. The third-order valence-corrected chi connectivity index (χ3v) is 7.83. The molecule has 0 amide bonds. The van der Waals surface area contributed by atoms with Crippen molar-refractivity contribution in [1.29, 1.82) is 0 Å². The molecule has 25 heavy (non-hydrogen) atoms. The minimum Gasteiger partial charge on any atom is -0.314 e. The number of rotatable bonds is 5. The molecule has 5 nitrogen and oxygen atoms in total. The second kappa shape index (κ2) is 7.35. The van der Waals surface area contributed by atoms with Crippen LogP contribution >= 0.6 is 0 Å². The van der Waals surface area contributed by atoms with Gasteiger partial charge in [-0.15, -0.1) is 0 Å². The predicted molar refractivity (Wildman–Crippen MR) is 101 cm³/mol. The van der Waals surface area contributed by atoms with E-state index in [0.717, 1.165) is 39.0 Å². The average Bonchev–Trinajstić information content (AvgIpc) is 3.13. The maximum absolute atomic E-state index is 13.0. The summed E-state index contributed by atoms with van der Waals surface area (Å²) in [6, 6.07) is 7.86. The van der Waals surface area contributed by atoms with Crippen molar-refractivity contribution < 1.29 is 8.42 Å². The second-order valence-electron chi connectivity index (χ2n) is 7.85. The zero-order chi connectivity index (χ0) is 18.1. The van der Waals surface area contributed by atoms with Crippen LogP contribution in [0.2, 0.25) is 0 Å². The van der Waals surface area contributed by atoms with E-state index in [4.69, 9.17) is 0 Å². The second-order valence-corrected chi connectivity index (χ2v) is 9.79. The van der Waals surface area contributed by atoms with Crippen molar-refractivity contribution in [3.05, 3.63) is 29.8 Å². The smallest absolute Gasteiger partial charge is 0.243 e. The van der Waals surface area contributed by atoms with E-state index < -0.39 is 10.0 Å². The quantitative estimate of drug-likeness (QED) is 0.868. The van der Waals surface area contributed by atoms with Crippen LogP contribution in [0, 0.1) is 0 Å². The Labute approximate surface area is 152 Å². The van der Waals surface area contributed by atoms with Gasteiger partial charge in [0.1, 0.15) is 0 Å². The lowest BCUT2D eigenvalue weighted by Crippen LogP contribution is -2.49. The fourth-order valence-corrected chi connectivity index (χ4v) is 5.20. The van der Waals surface area contributed by atoms with E-state index in [2.05, 4.69) is 31.0 Å². The van der Waals surface area contributed by atoms with E-state index in [1.54, 1.807) is 16.4 Å². The third kappa shape index (κ3) is 3.92. The molecule has 3 rings (SSSR count). The van der Waals surface area contributed by atoms with Crippen molar-refractivity contribution in [2.75, 3.05) is 39.3 Å². The summed E-state index contributed by atoms with van der Waals surface area (Å²) in [5.74, 6) is 0. The molecular weight excluding hydrogens is 334 g/mol. The maximum atomic E-state index is 13.0. The Hall–Kier alpha value is -0.950. The number of sulfonamides is 1. The van der Waals surface area contributed by atoms with Gasteiger partial charge in [-0.2, -0.15) is 4.31 Å². The van der Waals surface area contributed by atoms with Crippen LogP contribution in [0.15, 0.2) is 29.2 Å². The lowest BCUT2D eigenvalue weighted by molar-refractivity contribution is 0.179. The van der Waals surface area contributed by atoms with E-state index in [0.29, 0.717) is 24.0 Å². The fourth-order valence-electron chi connectivity index (χ4n) is 3.71. The molecule has 0 aliphatic carbocycles. The van der Waals surface area contributed by atoms with Crippen LogP contribution < -0.4 is 5.32 Å². The molecule has 0 bridgehead atoms. The number of benzene rings is 1. The molecule has 140 valence electrons. The van der Waals surface area contributed by atoms with Gasteiger partial charge in [0, 0.05) is 45.3 Å². The van der Waals surface area contributed by atoms with Crippen molar-refractivity contribution in [1.82, 2.24) is 14.5 Å². The minimum absolute atomic E-state index is 0.0727. The highest BCUT2D eigenvalue weighted by Crippen LogP contribution is 2.29. The zero-order valence-electron chi connectivity index (χ0n) is 15.7. The van der Waals surface area contributed by atoms with Crippen LogP contribution in [0.3, 0.4) is 0 Å². The summed E-state index contributed by atoms with van der Waals surface area (Å²) < 4.78 is 27.6. The first-order chi connectivity index (χ1) is 11.8. The molecule has 1 atom stereocenters. The van der Waals surface area contributed by atoms with E-state index in [1.165, 1.54) is 5.56 Å². The maximum Gasteiger partial charge on any atom is 0.243 e. The first-order valence-corrected chi connectivity index (χ1v) is 10.8. The number of nitrogens with one attached hydrogen (secondary N) is 1. The van der Waals surface area contributed by atoms with E-state index in [1.807, 2.05) is 12.1 Å². The summed E-state index contributed by atoms with van der Waals surface area (Å²) in [6.45, 7) is 11.8. The average molecular weight is 366 g/mol. The fraction of sp³-hybridized carbons (Fsp3) is 0.684. The molecule has 2 saturated heterocycles. The normalized spacial score (nSPS) is 23.9. The highest BCUT2D eigenvalue weighted by Gasteiger charge is 2.35. The highest BCUT2D eigenvalue weighted by atomic mass is 32.2. The Morgan fingerprint density at radius 3 is 2.36 bits per heavy atom. The Morgan fingerprint density at radius 2 is 1.76 bits per heavy atom. The van der Waals surface area contributed by atoms with Crippen LogP contribution in [-0.4, -0.2) is 62.9 Å². The number of hydrogen-bond donors (Lipinski definition) is 1. The summed E-state index contributed by atoms with van der Waals surface area (Å²) in [7, 11) is -3.39. The summed E-state index contributed by atoms with van der Waals surface area (Å²) in [5, 5.41) is 3.35. The highest BCUT2D eigenvalue weighted by molar-refractivity contribution is 7.89. The third-order valence-electron chi connectivity index (χ3n) is 5.95. The standard InChI is InChI=1S/C19H31N3O2S/c1-4-19(2,3)16-5-7-18(8-6-16)25(23,24)22-12-9-17(15-22)21-13-10-20-11-14-21/h5-8,17,20H,4,9-15H2,1-3H3. The minimum atomic E-state index is -3.39. The van der Waals surface area contributed by atoms with Gasteiger partial charge in [-0.25, -0.2) is 8.42 Å². The van der Waals surface area contributed by atoms with Crippen molar-refractivity contribution in [2.45, 2.75) is 50.0 Å². The van der Waals surface area contributed by atoms with Crippen LogP contribution in [0.5, 0.6) is 0 Å². The van der Waals surface area contributed by atoms with Crippen LogP contribution in [0.4, 0.5) is 0 Å². The number of nitrogens with zero attached hydrogens (tertiary/aromatic N) is 2. The first-order valence-electron chi connectivity index (χ1n) is 9.40. The Morgan fingerprint density at radius 1 is 1.12 bits per heavy atom. The van der Waals surface area contributed by atoms with Gasteiger partial charge in [0.2, 0.25) is 10.0 Å². The zero-order valence-corrected chi connectivity index (χ0v) is 16.5. The molecule has 1 N–H and O–H groups in total. The molecule has 2 fully saturated rings. The predicted octanol–water partition coefficient (Wildman–Crippen LogP) is 2.04. The van der Waals surface area contributed by atoms with E-state index in [9.17, 15) is 8.42 Å². The summed E-state index contributed by atoms with van der Waals surface area (Å²) in [4.78, 5) is 2.85. The Balaban J connectivity index is 1.71. The molecule has 0 radical (unpaired) electrons. The number of hydrogen-bond acceptors (Lipinski definition) is 4. The summed E-state index contributed by atoms with van der Waals surface area (Å²) in [5.41, 5.74) is 1.26. The summed E-state index contributed by atoms with van der Waals surface area (Å²) in [6.07, 6.45) is 1.96. The van der Waals surface area contributed by atoms with Gasteiger partial charge >= 0.3 is 0 Å². The van der Waals surface area contributed by atoms with Gasteiger partial charge < -0.3 is 5.32 Å². The van der Waals surface area contributed by atoms with Gasteiger partial charge in [0.25, 0.3) is 0 Å². The van der Waals surface area contributed by atoms with Gasteiger partial charge in [0.05, 0.1) is 4.90 Å². The molecule has 2 heterocycles. The van der Waals surface area contributed by atoms with Crippen LogP contribution in [0.25, 0.3) is 0 Å². The van der Waals surface area contributed by atoms with Crippen molar-refractivity contribution in [3.63, 3.8) is 0 Å². The lowest BCUT2D eigenvalue weighted by Gasteiger charge is -2.32. The topological polar surface area (TPSA) is 52.7 Å². The largest absolute Gasteiger partial charge is 0.314 e. The first kappa shape index (κ1) is 18.8. The molecule has 6 heteroatoms. The molecule has 1 aromatic carbocycles. The number of piperazine rings is 1. The van der Waals surface area contributed by atoms with Gasteiger partial charge in [-0.05, 0) is 36.0 Å². The van der Waals surface area contributed by atoms with Gasteiger partial charge in [0.15, 0.2) is 0 Å². The molecule has 0 saturated carbocycles.